The fourth-order valence-corrected chi connectivity index (χ4v) is 3.17. The highest BCUT2D eigenvalue weighted by atomic mass is 16.5. The van der Waals surface area contributed by atoms with Gasteiger partial charge in [0.05, 0.1) is 6.04 Å². The molecule has 0 spiro atoms. The fraction of sp³-hybridized carbons (Fsp3) is 0.273. The molecule has 5 nitrogen and oxygen atoms in total. The van der Waals surface area contributed by atoms with Crippen LogP contribution in [0.15, 0.2) is 67.0 Å². The van der Waals surface area contributed by atoms with Crippen molar-refractivity contribution in [1.29, 1.82) is 0 Å². The summed E-state index contributed by atoms with van der Waals surface area (Å²) in [6, 6.07) is 17.5. The highest BCUT2D eigenvalue weighted by Crippen LogP contribution is 2.41. The van der Waals surface area contributed by atoms with E-state index in [0.717, 1.165) is 11.6 Å². The monoisotopic (exact) mass is 361 g/mol. The average Bonchev–Trinajstić information content (AvgIpc) is 3.47. The van der Waals surface area contributed by atoms with Crippen molar-refractivity contribution >= 4 is 5.91 Å². The first-order chi connectivity index (χ1) is 13.2. The van der Waals surface area contributed by atoms with E-state index in [1.807, 2.05) is 48.1 Å². The Balaban J connectivity index is 1.39. The molecule has 0 radical (unpaired) electrons. The molecule has 3 aromatic rings. The number of rotatable bonds is 7. The summed E-state index contributed by atoms with van der Waals surface area (Å²) in [5.74, 6) is 2.06. The number of benzene rings is 2. The van der Waals surface area contributed by atoms with E-state index in [4.69, 9.17) is 4.74 Å². The zero-order valence-electron chi connectivity index (χ0n) is 15.3. The lowest BCUT2D eigenvalue weighted by atomic mass is 10.0. The van der Waals surface area contributed by atoms with Crippen molar-refractivity contribution < 1.29 is 9.53 Å². The standard InChI is InChI=1S/C22H23N3O2/c1-25-14-13-23-20(25)15-27-19-11-9-18(10-12-19)22(26)24-21(17-7-8-17)16-5-3-2-4-6-16/h2-6,9-14,17,21H,7-8,15H2,1H3,(H,24,26). The summed E-state index contributed by atoms with van der Waals surface area (Å²) in [4.78, 5) is 16.9. The molecule has 1 amide bonds. The second kappa shape index (κ2) is 7.66. The van der Waals surface area contributed by atoms with Crippen LogP contribution in [-0.2, 0) is 13.7 Å². The van der Waals surface area contributed by atoms with Crippen LogP contribution >= 0.6 is 0 Å². The zero-order valence-corrected chi connectivity index (χ0v) is 15.3. The molecule has 1 N–H and O–H groups in total. The van der Waals surface area contributed by atoms with Gasteiger partial charge < -0.3 is 14.6 Å². The summed E-state index contributed by atoms with van der Waals surface area (Å²) in [5.41, 5.74) is 1.81. The van der Waals surface area contributed by atoms with Crippen molar-refractivity contribution in [3.8, 4) is 5.75 Å². The van der Waals surface area contributed by atoms with Crippen LogP contribution < -0.4 is 10.1 Å². The van der Waals surface area contributed by atoms with Crippen LogP contribution in [0, 0.1) is 5.92 Å². The van der Waals surface area contributed by atoms with Gasteiger partial charge in [-0.3, -0.25) is 4.79 Å². The molecular weight excluding hydrogens is 338 g/mol. The number of aromatic nitrogens is 2. The third kappa shape index (κ3) is 4.19. The molecular formula is C22H23N3O2. The number of aryl methyl sites for hydroxylation is 1. The minimum absolute atomic E-state index is 0.0496. The molecule has 1 saturated carbocycles. The van der Waals surface area contributed by atoms with Crippen LogP contribution in [0.3, 0.4) is 0 Å². The van der Waals surface area contributed by atoms with Gasteiger partial charge in [-0.2, -0.15) is 0 Å². The zero-order chi connectivity index (χ0) is 18.6. The average molecular weight is 361 g/mol. The van der Waals surface area contributed by atoms with E-state index in [9.17, 15) is 4.79 Å². The minimum Gasteiger partial charge on any atom is -0.486 e. The molecule has 1 unspecified atom stereocenters. The van der Waals surface area contributed by atoms with Gasteiger partial charge in [-0.1, -0.05) is 30.3 Å². The number of carbonyl (C=O) groups excluding carboxylic acids is 1. The summed E-state index contributed by atoms with van der Waals surface area (Å²) >= 11 is 0. The van der Waals surface area contributed by atoms with Crippen LogP contribution in [0.2, 0.25) is 0 Å². The Morgan fingerprint density at radius 1 is 1.19 bits per heavy atom. The predicted octanol–water partition coefficient (Wildman–Crippen LogP) is 3.88. The summed E-state index contributed by atoms with van der Waals surface area (Å²) in [5, 5.41) is 3.20. The second-order valence-electron chi connectivity index (χ2n) is 6.97. The third-order valence-corrected chi connectivity index (χ3v) is 4.94. The molecule has 138 valence electrons. The Labute approximate surface area is 159 Å². The molecule has 1 heterocycles. The Hall–Kier alpha value is -3.08. The number of carbonyl (C=O) groups is 1. The van der Waals surface area contributed by atoms with Crippen LogP contribution in [0.25, 0.3) is 0 Å². The number of nitrogens with zero attached hydrogens (tertiary/aromatic N) is 2. The van der Waals surface area contributed by atoms with Crippen molar-refractivity contribution in [2.24, 2.45) is 13.0 Å². The molecule has 5 heteroatoms. The molecule has 0 aliphatic heterocycles. The molecule has 2 aromatic carbocycles. The molecule has 27 heavy (non-hydrogen) atoms. The maximum Gasteiger partial charge on any atom is 0.251 e. The maximum absolute atomic E-state index is 12.7. The first-order valence-electron chi connectivity index (χ1n) is 9.25. The molecule has 1 aliphatic carbocycles. The van der Waals surface area contributed by atoms with Gasteiger partial charge >= 0.3 is 0 Å². The Kier molecular flexibility index (Phi) is 4.92. The summed E-state index contributed by atoms with van der Waals surface area (Å²) in [6.07, 6.45) is 5.96. The first kappa shape index (κ1) is 17.3. The van der Waals surface area contributed by atoms with Gasteiger partial charge in [0.25, 0.3) is 5.91 Å². The Morgan fingerprint density at radius 3 is 2.56 bits per heavy atom. The number of ether oxygens (including phenoxy) is 1. The topological polar surface area (TPSA) is 56.2 Å². The van der Waals surface area contributed by atoms with Gasteiger partial charge in [-0.05, 0) is 48.6 Å². The smallest absolute Gasteiger partial charge is 0.251 e. The van der Waals surface area contributed by atoms with E-state index in [1.54, 1.807) is 18.3 Å². The molecule has 0 saturated heterocycles. The van der Waals surface area contributed by atoms with Gasteiger partial charge in [0.2, 0.25) is 0 Å². The highest BCUT2D eigenvalue weighted by molar-refractivity contribution is 5.94. The third-order valence-electron chi connectivity index (χ3n) is 4.94. The second-order valence-corrected chi connectivity index (χ2v) is 6.97. The van der Waals surface area contributed by atoms with Crippen LogP contribution in [0.4, 0.5) is 0 Å². The Bertz CT molecular complexity index is 899. The van der Waals surface area contributed by atoms with Crippen molar-refractivity contribution in [3.05, 3.63) is 83.9 Å². The van der Waals surface area contributed by atoms with E-state index in [2.05, 4.69) is 22.4 Å². The lowest BCUT2D eigenvalue weighted by Gasteiger charge is -2.19. The molecule has 0 bridgehead atoms. The van der Waals surface area contributed by atoms with E-state index >= 15 is 0 Å². The lowest BCUT2D eigenvalue weighted by Crippen LogP contribution is -2.29. The van der Waals surface area contributed by atoms with E-state index in [-0.39, 0.29) is 11.9 Å². The number of hydrogen-bond acceptors (Lipinski definition) is 3. The fourth-order valence-electron chi connectivity index (χ4n) is 3.17. The van der Waals surface area contributed by atoms with Gasteiger partial charge in [0.1, 0.15) is 18.2 Å². The minimum atomic E-state index is -0.0496. The van der Waals surface area contributed by atoms with Crippen molar-refractivity contribution in [2.75, 3.05) is 0 Å². The van der Waals surface area contributed by atoms with Crippen LogP contribution in [-0.4, -0.2) is 15.5 Å². The van der Waals surface area contributed by atoms with Crippen LogP contribution in [0.5, 0.6) is 5.75 Å². The van der Waals surface area contributed by atoms with Gasteiger partial charge in [0, 0.05) is 25.0 Å². The maximum atomic E-state index is 12.7. The molecule has 1 aromatic heterocycles. The van der Waals surface area contributed by atoms with Crippen LogP contribution in [0.1, 0.15) is 40.6 Å². The summed E-state index contributed by atoms with van der Waals surface area (Å²) in [7, 11) is 1.93. The number of imidazole rings is 1. The normalized spacial score (nSPS) is 14.6. The van der Waals surface area contributed by atoms with Gasteiger partial charge in [-0.15, -0.1) is 0 Å². The van der Waals surface area contributed by atoms with E-state index in [0.29, 0.717) is 18.1 Å². The largest absolute Gasteiger partial charge is 0.486 e. The molecule has 4 rings (SSSR count). The molecule has 1 fully saturated rings. The Morgan fingerprint density at radius 2 is 1.93 bits per heavy atom. The molecule has 1 atom stereocenters. The number of nitrogens with one attached hydrogen (secondary N) is 1. The summed E-state index contributed by atoms with van der Waals surface area (Å²) in [6.45, 7) is 0.396. The SMILES string of the molecule is Cn1ccnc1COc1ccc(C(=O)NC(c2ccccc2)C2CC2)cc1. The van der Waals surface area contributed by atoms with E-state index < -0.39 is 0 Å². The summed E-state index contributed by atoms with van der Waals surface area (Å²) < 4.78 is 7.67. The number of amides is 1. The first-order valence-corrected chi connectivity index (χ1v) is 9.25. The van der Waals surface area contributed by atoms with Crippen molar-refractivity contribution in [1.82, 2.24) is 14.9 Å². The number of hydrogen-bond donors (Lipinski definition) is 1. The highest BCUT2D eigenvalue weighted by Gasteiger charge is 2.33. The van der Waals surface area contributed by atoms with Gasteiger partial charge in [0.15, 0.2) is 0 Å². The van der Waals surface area contributed by atoms with Crippen molar-refractivity contribution in [3.63, 3.8) is 0 Å². The van der Waals surface area contributed by atoms with Crippen molar-refractivity contribution in [2.45, 2.75) is 25.5 Å². The van der Waals surface area contributed by atoms with Gasteiger partial charge in [-0.25, -0.2) is 4.98 Å². The molecule has 1 aliphatic rings. The predicted molar refractivity (Wildman–Crippen MR) is 103 cm³/mol. The van der Waals surface area contributed by atoms with E-state index in [1.165, 1.54) is 18.4 Å². The lowest BCUT2D eigenvalue weighted by molar-refractivity contribution is 0.0931. The quantitative estimate of drug-likeness (QED) is 0.695.